The largest absolute Gasteiger partial charge is 0.459 e. The molecule has 3 aromatic rings. The van der Waals surface area contributed by atoms with Crippen LogP contribution in [-0.4, -0.2) is 47.8 Å². The zero-order valence-corrected chi connectivity index (χ0v) is 16.5. The topological polar surface area (TPSA) is 53.8 Å². The Kier molecular flexibility index (Phi) is 5.93. The SMILES string of the molecule is O=C(C[C@H](c1ccccc1)c1ccccc1F)N1CCN(C(=O)c2ccco2)CC1. The van der Waals surface area contributed by atoms with E-state index in [-0.39, 0.29) is 30.0 Å². The van der Waals surface area contributed by atoms with Crippen LogP contribution in [0.2, 0.25) is 0 Å². The van der Waals surface area contributed by atoms with Crippen molar-refractivity contribution in [1.82, 2.24) is 9.80 Å². The predicted molar refractivity (Wildman–Crippen MR) is 110 cm³/mol. The van der Waals surface area contributed by atoms with E-state index in [1.165, 1.54) is 12.3 Å². The highest BCUT2D eigenvalue weighted by molar-refractivity contribution is 5.91. The van der Waals surface area contributed by atoms with Gasteiger partial charge in [0, 0.05) is 38.5 Å². The minimum Gasteiger partial charge on any atom is -0.459 e. The minimum absolute atomic E-state index is 0.0443. The standard InChI is InChI=1S/C24H23FN2O3/c25-21-10-5-4-9-19(21)20(18-7-2-1-3-8-18)17-23(28)26-12-14-27(15-13-26)24(29)22-11-6-16-30-22/h1-11,16,20H,12-15,17H2/t20-/m1/s1. The van der Waals surface area contributed by atoms with Crippen LogP contribution in [0.3, 0.4) is 0 Å². The van der Waals surface area contributed by atoms with E-state index in [1.807, 2.05) is 30.3 Å². The van der Waals surface area contributed by atoms with Gasteiger partial charge in [0.25, 0.3) is 5.91 Å². The molecule has 30 heavy (non-hydrogen) atoms. The van der Waals surface area contributed by atoms with Gasteiger partial charge in [-0.15, -0.1) is 0 Å². The molecule has 0 spiro atoms. The molecular formula is C24H23FN2O3. The molecule has 0 bridgehead atoms. The highest BCUT2D eigenvalue weighted by Gasteiger charge is 2.28. The predicted octanol–water partition coefficient (Wildman–Crippen LogP) is 3.93. The van der Waals surface area contributed by atoms with Crippen LogP contribution in [0.25, 0.3) is 0 Å². The molecule has 0 N–H and O–H groups in total. The number of carbonyl (C=O) groups excluding carboxylic acids is 2. The molecule has 0 aliphatic carbocycles. The minimum atomic E-state index is -0.359. The van der Waals surface area contributed by atoms with Gasteiger partial charge in [-0.3, -0.25) is 9.59 Å². The molecule has 1 aliphatic heterocycles. The summed E-state index contributed by atoms with van der Waals surface area (Å²) < 4.78 is 19.7. The van der Waals surface area contributed by atoms with Crippen LogP contribution in [0.15, 0.2) is 77.4 Å². The summed E-state index contributed by atoms with van der Waals surface area (Å²) >= 11 is 0. The summed E-state index contributed by atoms with van der Waals surface area (Å²) in [6.07, 6.45) is 1.65. The molecule has 1 fully saturated rings. The summed E-state index contributed by atoms with van der Waals surface area (Å²) in [7, 11) is 0. The average molecular weight is 406 g/mol. The van der Waals surface area contributed by atoms with Crippen LogP contribution in [0.5, 0.6) is 0 Å². The van der Waals surface area contributed by atoms with Crippen LogP contribution in [0, 0.1) is 5.82 Å². The van der Waals surface area contributed by atoms with Crippen molar-refractivity contribution in [3.8, 4) is 0 Å². The molecule has 154 valence electrons. The molecule has 6 heteroatoms. The van der Waals surface area contributed by atoms with E-state index < -0.39 is 0 Å². The molecule has 1 aromatic heterocycles. The van der Waals surface area contributed by atoms with E-state index >= 15 is 0 Å². The molecule has 0 saturated carbocycles. The third-order valence-corrected chi connectivity index (χ3v) is 5.51. The van der Waals surface area contributed by atoms with Gasteiger partial charge in [-0.25, -0.2) is 4.39 Å². The first-order valence-electron chi connectivity index (χ1n) is 10.0. The number of nitrogens with zero attached hydrogens (tertiary/aromatic N) is 2. The second kappa shape index (κ2) is 8.95. The van der Waals surface area contributed by atoms with Crippen molar-refractivity contribution in [2.75, 3.05) is 26.2 Å². The second-order valence-electron chi connectivity index (χ2n) is 7.34. The number of hydrogen-bond donors (Lipinski definition) is 0. The summed E-state index contributed by atoms with van der Waals surface area (Å²) in [5, 5.41) is 0. The lowest BCUT2D eigenvalue weighted by molar-refractivity contribution is -0.132. The molecule has 1 aliphatic rings. The van der Waals surface area contributed by atoms with Gasteiger partial charge in [0.05, 0.1) is 6.26 Å². The van der Waals surface area contributed by atoms with Gasteiger partial charge in [0.1, 0.15) is 5.82 Å². The molecule has 2 amide bonds. The summed E-state index contributed by atoms with van der Waals surface area (Å²) in [5.74, 6) is -0.577. The van der Waals surface area contributed by atoms with Crippen molar-refractivity contribution >= 4 is 11.8 Å². The number of benzene rings is 2. The number of furan rings is 1. The van der Waals surface area contributed by atoms with Crippen molar-refractivity contribution in [3.05, 3.63) is 95.7 Å². The Morgan fingerprint density at radius 2 is 1.53 bits per heavy atom. The zero-order chi connectivity index (χ0) is 20.9. The van der Waals surface area contributed by atoms with E-state index in [4.69, 9.17) is 4.42 Å². The molecule has 0 radical (unpaired) electrons. The first kappa shape index (κ1) is 19.9. The van der Waals surface area contributed by atoms with Gasteiger partial charge in [-0.05, 0) is 29.3 Å². The second-order valence-corrected chi connectivity index (χ2v) is 7.34. The Labute approximate surface area is 174 Å². The lowest BCUT2D eigenvalue weighted by Crippen LogP contribution is -2.50. The van der Waals surface area contributed by atoms with Crippen LogP contribution < -0.4 is 0 Å². The van der Waals surface area contributed by atoms with Crippen molar-refractivity contribution in [2.45, 2.75) is 12.3 Å². The summed E-state index contributed by atoms with van der Waals surface area (Å²) in [6.45, 7) is 1.79. The van der Waals surface area contributed by atoms with Crippen molar-refractivity contribution < 1.29 is 18.4 Å². The fraction of sp³-hybridized carbons (Fsp3) is 0.250. The maximum Gasteiger partial charge on any atom is 0.289 e. The van der Waals surface area contributed by atoms with Crippen molar-refractivity contribution in [2.24, 2.45) is 0 Å². The van der Waals surface area contributed by atoms with Crippen molar-refractivity contribution in [3.63, 3.8) is 0 Å². The van der Waals surface area contributed by atoms with Crippen LogP contribution in [-0.2, 0) is 4.79 Å². The highest BCUT2D eigenvalue weighted by atomic mass is 19.1. The van der Waals surface area contributed by atoms with Crippen LogP contribution >= 0.6 is 0 Å². The molecule has 2 aromatic carbocycles. The van der Waals surface area contributed by atoms with Gasteiger partial charge in [0.15, 0.2) is 5.76 Å². The van der Waals surface area contributed by atoms with E-state index in [0.717, 1.165) is 5.56 Å². The monoisotopic (exact) mass is 406 g/mol. The Balaban J connectivity index is 1.45. The molecular weight excluding hydrogens is 383 g/mol. The van der Waals surface area contributed by atoms with E-state index in [2.05, 4.69) is 0 Å². The summed E-state index contributed by atoms with van der Waals surface area (Å²) in [5.41, 5.74) is 1.42. The maximum absolute atomic E-state index is 14.5. The van der Waals surface area contributed by atoms with Gasteiger partial charge in [-0.2, -0.15) is 0 Å². The quantitative estimate of drug-likeness (QED) is 0.645. The summed E-state index contributed by atoms with van der Waals surface area (Å²) in [6, 6.07) is 19.5. The normalized spacial score (nSPS) is 15.1. The van der Waals surface area contributed by atoms with E-state index in [1.54, 1.807) is 40.1 Å². The number of halogens is 1. The molecule has 4 rings (SSSR count). The van der Waals surface area contributed by atoms with Crippen LogP contribution in [0.1, 0.15) is 34.0 Å². The maximum atomic E-state index is 14.5. The zero-order valence-electron chi connectivity index (χ0n) is 16.5. The fourth-order valence-corrected chi connectivity index (χ4v) is 3.87. The van der Waals surface area contributed by atoms with Crippen molar-refractivity contribution in [1.29, 1.82) is 0 Å². The average Bonchev–Trinajstić information content (AvgIpc) is 3.33. The van der Waals surface area contributed by atoms with Gasteiger partial charge in [0.2, 0.25) is 5.91 Å². The number of carbonyl (C=O) groups is 2. The van der Waals surface area contributed by atoms with Crippen LogP contribution in [0.4, 0.5) is 4.39 Å². The first-order valence-corrected chi connectivity index (χ1v) is 10.0. The first-order chi connectivity index (χ1) is 14.6. The molecule has 0 unspecified atom stereocenters. The summed E-state index contributed by atoms with van der Waals surface area (Å²) in [4.78, 5) is 28.9. The number of amides is 2. The van der Waals surface area contributed by atoms with E-state index in [0.29, 0.717) is 37.5 Å². The number of piperazine rings is 1. The molecule has 5 nitrogen and oxygen atoms in total. The van der Waals surface area contributed by atoms with Gasteiger partial charge in [-0.1, -0.05) is 48.5 Å². The van der Waals surface area contributed by atoms with Gasteiger partial charge < -0.3 is 14.2 Å². The highest BCUT2D eigenvalue weighted by Crippen LogP contribution is 2.30. The smallest absolute Gasteiger partial charge is 0.289 e. The van der Waals surface area contributed by atoms with E-state index in [9.17, 15) is 14.0 Å². The number of hydrogen-bond acceptors (Lipinski definition) is 3. The van der Waals surface area contributed by atoms with Gasteiger partial charge >= 0.3 is 0 Å². The Bertz CT molecular complexity index is 996. The molecule has 1 atom stereocenters. The Morgan fingerprint density at radius 3 is 2.20 bits per heavy atom. The Hall–Kier alpha value is -3.41. The third kappa shape index (κ3) is 4.27. The molecule has 1 saturated heterocycles. The Morgan fingerprint density at radius 1 is 0.867 bits per heavy atom. The lowest BCUT2D eigenvalue weighted by Gasteiger charge is -2.35. The fourth-order valence-electron chi connectivity index (χ4n) is 3.87. The number of rotatable bonds is 5. The molecule has 2 heterocycles. The third-order valence-electron chi connectivity index (χ3n) is 5.51. The lowest BCUT2D eigenvalue weighted by atomic mass is 9.87.